The third-order valence-electron chi connectivity index (χ3n) is 2.78. The van der Waals surface area contributed by atoms with E-state index in [4.69, 9.17) is 4.74 Å². The minimum atomic E-state index is 0.270. The minimum Gasteiger partial charge on any atom is -0.491 e. The fourth-order valence-electron chi connectivity index (χ4n) is 1.80. The van der Waals surface area contributed by atoms with Gasteiger partial charge in [-0.1, -0.05) is 32.4 Å². The van der Waals surface area contributed by atoms with Gasteiger partial charge in [-0.25, -0.2) is 0 Å². The average molecular weight is 235 g/mol. The molecule has 1 aromatic carbocycles. The highest BCUT2D eigenvalue weighted by molar-refractivity contribution is 5.27. The van der Waals surface area contributed by atoms with Gasteiger partial charge in [0.1, 0.15) is 5.75 Å². The van der Waals surface area contributed by atoms with E-state index in [1.807, 2.05) is 0 Å². The molecule has 1 N–H and O–H groups in total. The Morgan fingerprint density at radius 3 is 2.47 bits per heavy atom. The van der Waals surface area contributed by atoms with Crippen LogP contribution in [-0.2, 0) is 6.42 Å². The van der Waals surface area contributed by atoms with Crippen LogP contribution in [0.4, 0.5) is 0 Å². The maximum atomic E-state index is 5.85. The van der Waals surface area contributed by atoms with E-state index in [0.717, 1.165) is 31.7 Å². The SMILES string of the molecule is CCCc1ccc(OC(C)CCNCC)cc1. The summed E-state index contributed by atoms with van der Waals surface area (Å²) < 4.78 is 5.85. The molecule has 0 saturated carbocycles. The van der Waals surface area contributed by atoms with E-state index < -0.39 is 0 Å². The number of aryl methyl sites for hydroxylation is 1. The molecule has 1 aromatic rings. The molecule has 0 amide bonds. The lowest BCUT2D eigenvalue weighted by Crippen LogP contribution is -2.21. The molecule has 0 aromatic heterocycles. The van der Waals surface area contributed by atoms with Gasteiger partial charge in [0, 0.05) is 0 Å². The lowest BCUT2D eigenvalue weighted by atomic mass is 10.1. The molecule has 0 heterocycles. The summed E-state index contributed by atoms with van der Waals surface area (Å²) in [5, 5.41) is 3.31. The van der Waals surface area contributed by atoms with E-state index in [-0.39, 0.29) is 6.10 Å². The Bertz CT molecular complexity index is 294. The van der Waals surface area contributed by atoms with Crippen LogP contribution in [-0.4, -0.2) is 19.2 Å². The van der Waals surface area contributed by atoms with Crippen molar-refractivity contribution in [3.63, 3.8) is 0 Å². The first kappa shape index (κ1) is 14.0. The molecule has 0 saturated heterocycles. The summed E-state index contributed by atoms with van der Waals surface area (Å²) in [6.45, 7) is 8.49. The molecule has 2 heteroatoms. The Hall–Kier alpha value is -1.02. The maximum Gasteiger partial charge on any atom is 0.119 e. The van der Waals surface area contributed by atoms with Crippen LogP contribution < -0.4 is 10.1 Å². The Kier molecular flexibility index (Phi) is 6.71. The van der Waals surface area contributed by atoms with E-state index in [0.29, 0.717) is 0 Å². The second-order valence-corrected chi connectivity index (χ2v) is 4.46. The number of hydrogen-bond donors (Lipinski definition) is 1. The average Bonchev–Trinajstić information content (AvgIpc) is 2.32. The van der Waals surface area contributed by atoms with Crippen molar-refractivity contribution in [2.45, 2.75) is 46.1 Å². The zero-order valence-corrected chi connectivity index (χ0v) is 11.3. The van der Waals surface area contributed by atoms with Crippen LogP contribution >= 0.6 is 0 Å². The van der Waals surface area contributed by atoms with Gasteiger partial charge in [0.05, 0.1) is 6.10 Å². The van der Waals surface area contributed by atoms with Gasteiger partial charge in [0.15, 0.2) is 0 Å². The third-order valence-corrected chi connectivity index (χ3v) is 2.78. The molecule has 1 unspecified atom stereocenters. The Balaban J connectivity index is 2.34. The zero-order valence-electron chi connectivity index (χ0n) is 11.3. The molecular weight excluding hydrogens is 210 g/mol. The number of hydrogen-bond acceptors (Lipinski definition) is 2. The van der Waals surface area contributed by atoms with Gasteiger partial charge in [0.2, 0.25) is 0 Å². The summed E-state index contributed by atoms with van der Waals surface area (Å²) in [7, 11) is 0. The van der Waals surface area contributed by atoms with Crippen LogP contribution in [0.5, 0.6) is 5.75 Å². The van der Waals surface area contributed by atoms with Crippen molar-refractivity contribution >= 4 is 0 Å². The number of benzene rings is 1. The van der Waals surface area contributed by atoms with Crippen LogP contribution in [0.2, 0.25) is 0 Å². The lowest BCUT2D eigenvalue weighted by molar-refractivity contribution is 0.210. The van der Waals surface area contributed by atoms with Gasteiger partial charge < -0.3 is 10.1 Å². The summed E-state index contributed by atoms with van der Waals surface area (Å²) >= 11 is 0. The number of rotatable bonds is 8. The molecule has 0 spiro atoms. The predicted octanol–water partition coefficient (Wildman–Crippen LogP) is 3.41. The Morgan fingerprint density at radius 1 is 1.18 bits per heavy atom. The molecule has 0 aliphatic rings. The van der Waals surface area contributed by atoms with Crippen LogP contribution in [0, 0.1) is 0 Å². The molecule has 1 atom stereocenters. The van der Waals surface area contributed by atoms with Crippen molar-refractivity contribution in [2.75, 3.05) is 13.1 Å². The Morgan fingerprint density at radius 2 is 1.88 bits per heavy atom. The highest BCUT2D eigenvalue weighted by atomic mass is 16.5. The van der Waals surface area contributed by atoms with Crippen molar-refractivity contribution < 1.29 is 4.74 Å². The lowest BCUT2D eigenvalue weighted by Gasteiger charge is -2.15. The first-order valence-corrected chi connectivity index (χ1v) is 6.72. The van der Waals surface area contributed by atoms with Crippen molar-refractivity contribution in [3.05, 3.63) is 29.8 Å². The molecular formula is C15H25NO. The summed E-state index contributed by atoms with van der Waals surface area (Å²) in [6.07, 6.45) is 3.66. The van der Waals surface area contributed by atoms with Crippen molar-refractivity contribution in [1.29, 1.82) is 0 Å². The molecule has 0 fully saturated rings. The highest BCUT2D eigenvalue weighted by Gasteiger charge is 2.03. The fraction of sp³-hybridized carbons (Fsp3) is 0.600. The zero-order chi connectivity index (χ0) is 12.5. The van der Waals surface area contributed by atoms with Crippen molar-refractivity contribution in [1.82, 2.24) is 5.32 Å². The summed E-state index contributed by atoms with van der Waals surface area (Å²) in [5.74, 6) is 0.980. The van der Waals surface area contributed by atoms with Gasteiger partial charge in [0.25, 0.3) is 0 Å². The fourth-order valence-corrected chi connectivity index (χ4v) is 1.80. The van der Waals surface area contributed by atoms with Crippen LogP contribution in [0.15, 0.2) is 24.3 Å². The minimum absolute atomic E-state index is 0.270. The molecule has 0 aliphatic carbocycles. The maximum absolute atomic E-state index is 5.85. The standard InChI is InChI=1S/C15H25NO/c1-4-6-14-7-9-15(10-8-14)17-13(3)11-12-16-5-2/h7-10,13,16H,4-6,11-12H2,1-3H3. The van der Waals surface area contributed by atoms with E-state index in [9.17, 15) is 0 Å². The van der Waals surface area contributed by atoms with Gasteiger partial charge >= 0.3 is 0 Å². The van der Waals surface area contributed by atoms with Crippen molar-refractivity contribution in [3.8, 4) is 5.75 Å². The molecule has 17 heavy (non-hydrogen) atoms. The van der Waals surface area contributed by atoms with Crippen LogP contribution in [0.25, 0.3) is 0 Å². The topological polar surface area (TPSA) is 21.3 Å². The second kappa shape index (κ2) is 8.13. The van der Waals surface area contributed by atoms with Gasteiger partial charge in [-0.2, -0.15) is 0 Å². The molecule has 0 radical (unpaired) electrons. The normalized spacial score (nSPS) is 12.4. The molecule has 0 bridgehead atoms. The quantitative estimate of drug-likeness (QED) is 0.697. The smallest absolute Gasteiger partial charge is 0.119 e. The number of ether oxygens (including phenoxy) is 1. The van der Waals surface area contributed by atoms with Gasteiger partial charge in [-0.15, -0.1) is 0 Å². The molecule has 2 nitrogen and oxygen atoms in total. The van der Waals surface area contributed by atoms with Gasteiger partial charge in [-0.3, -0.25) is 0 Å². The first-order valence-electron chi connectivity index (χ1n) is 6.72. The van der Waals surface area contributed by atoms with E-state index in [1.54, 1.807) is 0 Å². The molecule has 96 valence electrons. The summed E-state index contributed by atoms with van der Waals surface area (Å²) in [5.41, 5.74) is 1.39. The largest absolute Gasteiger partial charge is 0.491 e. The predicted molar refractivity (Wildman–Crippen MR) is 73.7 cm³/mol. The summed E-state index contributed by atoms with van der Waals surface area (Å²) in [6, 6.07) is 8.48. The summed E-state index contributed by atoms with van der Waals surface area (Å²) in [4.78, 5) is 0. The third kappa shape index (κ3) is 5.73. The Labute approximate surface area is 105 Å². The monoisotopic (exact) mass is 235 g/mol. The molecule has 1 rings (SSSR count). The number of nitrogens with one attached hydrogen (secondary N) is 1. The highest BCUT2D eigenvalue weighted by Crippen LogP contribution is 2.15. The van der Waals surface area contributed by atoms with E-state index >= 15 is 0 Å². The first-order chi connectivity index (χ1) is 8.26. The molecule has 0 aliphatic heterocycles. The second-order valence-electron chi connectivity index (χ2n) is 4.46. The van der Waals surface area contributed by atoms with Crippen LogP contribution in [0.3, 0.4) is 0 Å². The van der Waals surface area contributed by atoms with E-state index in [1.165, 1.54) is 12.0 Å². The van der Waals surface area contributed by atoms with Crippen LogP contribution in [0.1, 0.15) is 39.2 Å². The van der Waals surface area contributed by atoms with Gasteiger partial charge in [-0.05, 0) is 50.6 Å². The van der Waals surface area contributed by atoms with Crippen molar-refractivity contribution in [2.24, 2.45) is 0 Å². The van der Waals surface area contributed by atoms with E-state index in [2.05, 4.69) is 50.4 Å².